The van der Waals surface area contributed by atoms with Crippen molar-refractivity contribution in [1.29, 1.82) is 0 Å². The van der Waals surface area contributed by atoms with Crippen molar-refractivity contribution in [3.63, 3.8) is 0 Å². The van der Waals surface area contributed by atoms with Crippen molar-refractivity contribution in [3.05, 3.63) is 15.6 Å². The predicted octanol–water partition coefficient (Wildman–Crippen LogP) is 1.02. The summed E-state index contributed by atoms with van der Waals surface area (Å²) in [4.78, 5) is 18.0. The molecule has 1 aromatic heterocycles. The first kappa shape index (κ1) is 14.1. The third kappa shape index (κ3) is 4.80. The summed E-state index contributed by atoms with van der Waals surface area (Å²) < 4.78 is 5.03. The molecule has 0 bridgehead atoms. The van der Waals surface area contributed by atoms with Crippen molar-refractivity contribution < 1.29 is 14.6 Å². The smallest absolute Gasteiger partial charge is 0.308 e. The lowest BCUT2D eigenvalue weighted by atomic mass is 10.3. The van der Waals surface area contributed by atoms with Gasteiger partial charge in [0.15, 0.2) is 0 Å². The normalized spacial score (nSPS) is 11.1. The number of methoxy groups -OCH3 is 1. The van der Waals surface area contributed by atoms with Gasteiger partial charge in [-0.2, -0.15) is 0 Å². The molecule has 0 atom stereocenters. The van der Waals surface area contributed by atoms with E-state index in [0.717, 1.165) is 28.5 Å². The van der Waals surface area contributed by atoms with Gasteiger partial charge in [-0.15, -0.1) is 11.3 Å². The van der Waals surface area contributed by atoms with Crippen LogP contribution in [0.2, 0.25) is 0 Å². The Bertz CT molecular complexity index is 377. The molecule has 0 aliphatic carbocycles. The van der Waals surface area contributed by atoms with E-state index in [4.69, 9.17) is 9.84 Å². The molecule has 0 aliphatic heterocycles. The second-order valence-corrected chi connectivity index (χ2v) is 5.20. The highest BCUT2D eigenvalue weighted by atomic mass is 32.1. The summed E-state index contributed by atoms with van der Waals surface area (Å²) in [6, 6.07) is 0. The zero-order valence-electron chi connectivity index (χ0n) is 10.4. The first-order chi connectivity index (χ1) is 8.02. The molecule has 0 spiro atoms. The van der Waals surface area contributed by atoms with Crippen molar-refractivity contribution in [2.75, 3.05) is 27.7 Å². The van der Waals surface area contributed by atoms with Gasteiger partial charge in [0, 0.05) is 25.0 Å². The molecule has 0 saturated heterocycles. The molecule has 6 heteroatoms. The number of nitrogens with zero attached hydrogens (tertiary/aromatic N) is 2. The summed E-state index contributed by atoms with van der Waals surface area (Å²) >= 11 is 1.47. The number of aliphatic carboxylic acids is 1. The Balaban J connectivity index is 2.75. The Kier molecular flexibility index (Phi) is 5.54. The van der Waals surface area contributed by atoms with Crippen LogP contribution in [0.3, 0.4) is 0 Å². The molecule has 0 unspecified atom stereocenters. The molecule has 1 rings (SSSR count). The van der Waals surface area contributed by atoms with Crippen LogP contribution in [0.15, 0.2) is 0 Å². The summed E-state index contributed by atoms with van der Waals surface area (Å²) in [6.45, 7) is 1.29. The molecule has 0 fully saturated rings. The molecule has 5 nitrogen and oxygen atoms in total. The summed E-state index contributed by atoms with van der Waals surface area (Å²) in [5.74, 6) is -0.829. The van der Waals surface area contributed by atoms with Crippen LogP contribution < -0.4 is 0 Å². The molecule has 0 aromatic carbocycles. The maximum atomic E-state index is 10.7. The summed E-state index contributed by atoms with van der Waals surface area (Å²) in [5.41, 5.74) is 0.758. The first-order valence-electron chi connectivity index (χ1n) is 5.35. The minimum absolute atomic E-state index is 0.0261. The van der Waals surface area contributed by atoms with Crippen LogP contribution in [0.25, 0.3) is 0 Å². The molecule has 0 saturated carbocycles. The van der Waals surface area contributed by atoms with E-state index in [9.17, 15) is 4.79 Å². The number of aromatic nitrogens is 1. The van der Waals surface area contributed by atoms with E-state index >= 15 is 0 Å². The van der Waals surface area contributed by atoms with Gasteiger partial charge in [-0.3, -0.25) is 4.79 Å². The molecule has 1 N–H and O–H groups in total. The number of ether oxygens (including phenoxy) is 1. The Morgan fingerprint density at radius 3 is 2.76 bits per heavy atom. The number of rotatable bonds is 7. The zero-order valence-corrected chi connectivity index (χ0v) is 11.2. The van der Waals surface area contributed by atoms with Crippen LogP contribution >= 0.6 is 11.3 Å². The highest BCUT2D eigenvalue weighted by Gasteiger charge is 2.13. The average Bonchev–Trinajstić information content (AvgIpc) is 2.58. The van der Waals surface area contributed by atoms with Crippen LogP contribution in [-0.2, 0) is 29.0 Å². The van der Waals surface area contributed by atoms with Crippen molar-refractivity contribution in [1.82, 2.24) is 9.88 Å². The second-order valence-electron chi connectivity index (χ2n) is 4.03. The van der Waals surface area contributed by atoms with Gasteiger partial charge < -0.3 is 14.7 Å². The van der Waals surface area contributed by atoms with Crippen molar-refractivity contribution in [2.24, 2.45) is 0 Å². The summed E-state index contributed by atoms with van der Waals surface area (Å²) in [6.07, 6.45) is 0.867. The monoisotopic (exact) mass is 258 g/mol. The number of thiazole rings is 1. The van der Waals surface area contributed by atoms with Crippen LogP contribution in [0, 0.1) is 0 Å². The highest BCUT2D eigenvalue weighted by molar-refractivity contribution is 7.11. The van der Waals surface area contributed by atoms with E-state index in [2.05, 4.69) is 9.88 Å². The van der Waals surface area contributed by atoms with Gasteiger partial charge in [-0.05, 0) is 14.1 Å². The Morgan fingerprint density at radius 2 is 2.24 bits per heavy atom. The third-order valence-electron chi connectivity index (χ3n) is 2.19. The quantitative estimate of drug-likeness (QED) is 0.791. The fraction of sp³-hybridized carbons (Fsp3) is 0.636. The predicted molar refractivity (Wildman–Crippen MR) is 66.4 cm³/mol. The number of hydrogen-bond acceptors (Lipinski definition) is 5. The van der Waals surface area contributed by atoms with Gasteiger partial charge in [0.05, 0.1) is 23.7 Å². The SMILES string of the molecule is COCc1nc(CCN(C)C)sc1CC(=O)O. The Hall–Kier alpha value is -0.980. The van der Waals surface area contributed by atoms with Gasteiger partial charge >= 0.3 is 5.97 Å². The molecule has 0 radical (unpaired) electrons. The van der Waals surface area contributed by atoms with E-state index in [1.807, 2.05) is 14.1 Å². The number of carbonyl (C=O) groups is 1. The van der Waals surface area contributed by atoms with Gasteiger partial charge in [0.1, 0.15) is 0 Å². The van der Waals surface area contributed by atoms with Crippen molar-refractivity contribution >= 4 is 17.3 Å². The van der Waals surface area contributed by atoms with E-state index in [1.165, 1.54) is 11.3 Å². The molecule has 17 heavy (non-hydrogen) atoms. The number of hydrogen-bond donors (Lipinski definition) is 1. The molecular formula is C11H18N2O3S. The van der Waals surface area contributed by atoms with Gasteiger partial charge in [-0.25, -0.2) is 4.98 Å². The van der Waals surface area contributed by atoms with E-state index in [0.29, 0.717) is 6.61 Å². The van der Waals surface area contributed by atoms with Crippen LogP contribution in [0.4, 0.5) is 0 Å². The molecule has 1 aromatic rings. The lowest BCUT2D eigenvalue weighted by Gasteiger charge is -2.06. The van der Waals surface area contributed by atoms with Gasteiger partial charge in [0.2, 0.25) is 0 Å². The summed E-state index contributed by atoms with van der Waals surface area (Å²) in [5, 5.41) is 9.79. The third-order valence-corrected chi connectivity index (χ3v) is 3.35. The van der Waals surface area contributed by atoms with E-state index in [1.54, 1.807) is 7.11 Å². The van der Waals surface area contributed by atoms with Crippen LogP contribution in [0.1, 0.15) is 15.6 Å². The largest absolute Gasteiger partial charge is 0.481 e. The Morgan fingerprint density at radius 1 is 1.53 bits per heavy atom. The Labute approximate surface area is 105 Å². The zero-order chi connectivity index (χ0) is 12.8. The lowest BCUT2D eigenvalue weighted by Crippen LogP contribution is -2.14. The van der Waals surface area contributed by atoms with Crippen LogP contribution in [0.5, 0.6) is 0 Å². The number of likely N-dealkylation sites (N-methyl/N-ethyl adjacent to an activating group) is 1. The molecule has 0 aliphatic rings. The molecule has 1 heterocycles. The number of carboxylic acids is 1. The molecule has 96 valence electrons. The van der Waals surface area contributed by atoms with Gasteiger partial charge in [-0.1, -0.05) is 0 Å². The molecule has 0 amide bonds. The topological polar surface area (TPSA) is 62.7 Å². The average molecular weight is 258 g/mol. The maximum Gasteiger partial charge on any atom is 0.308 e. The maximum absolute atomic E-state index is 10.7. The first-order valence-corrected chi connectivity index (χ1v) is 6.17. The van der Waals surface area contributed by atoms with Crippen molar-refractivity contribution in [3.8, 4) is 0 Å². The molecular weight excluding hydrogens is 240 g/mol. The number of carboxylic acid groups (broad SMARTS) is 1. The lowest BCUT2D eigenvalue weighted by molar-refractivity contribution is -0.136. The van der Waals surface area contributed by atoms with E-state index < -0.39 is 5.97 Å². The minimum Gasteiger partial charge on any atom is -0.481 e. The highest BCUT2D eigenvalue weighted by Crippen LogP contribution is 2.20. The van der Waals surface area contributed by atoms with E-state index in [-0.39, 0.29) is 6.42 Å². The standard InChI is InChI=1S/C11H18N2O3S/c1-13(2)5-4-10-12-8(7-16-3)9(17-10)6-11(14)15/h4-7H2,1-3H3,(H,14,15). The summed E-state index contributed by atoms with van der Waals surface area (Å²) in [7, 11) is 5.59. The minimum atomic E-state index is -0.829. The second kappa shape index (κ2) is 6.68. The van der Waals surface area contributed by atoms with Crippen molar-refractivity contribution in [2.45, 2.75) is 19.4 Å². The van der Waals surface area contributed by atoms with Gasteiger partial charge in [0.25, 0.3) is 0 Å². The fourth-order valence-electron chi connectivity index (χ4n) is 1.39. The fourth-order valence-corrected chi connectivity index (χ4v) is 2.44. The van der Waals surface area contributed by atoms with Crippen LogP contribution in [-0.4, -0.2) is 48.7 Å².